The summed E-state index contributed by atoms with van der Waals surface area (Å²) in [6, 6.07) is 0. The quantitative estimate of drug-likeness (QED) is 0.736. The van der Waals surface area contributed by atoms with Gasteiger partial charge < -0.3 is 0 Å². The monoisotopic (exact) mass is 273 g/mol. The van der Waals surface area contributed by atoms with Gasteiger partial charge in [0.1, 0.15) is 0 Å². The molecule has 1 aliphatic rings. The Morgan fingerprint density at radius 1 is 1.57 bits per heavy atom. The second kappa shape index (κ2) is 4.75. The molecule has 0 N–H and O–H groups in total. The SMILES string of the molecule is CCC1CCC(Br)CC1c1cncs1. The summed E-state index contributed by atoms with van der Waals surface area (Å²) >= 11 is 5.57. The van der Waals surface area contributed by atoms with Crippen molar-refractivity contribution in [3.8, 4) is 0 Å². The second-order valence-corrected chi connectivity index (χ2v) is 6.30. The number of rotatable bonds is 2. The standard InChI is InChI=1S/C11H16BrNS/c1-2-8-3-4-9(12)5-10(8)11-6-13-7-14-11/h6-10H,2-5H2,1H3. The average Bonchev–Trinajstić information content (AvgIpc) is 2.70. The molecule has 0 bridgehead atoms. The number of alkyl halides is 1. The van der Waals surface area contributed by atoms with E-state index in [-0.39, 0.29) is 0 Å². The molecule has 1 saturated carbocycles. The van der Waals surface area contributed by atoms with Crippen molar-refractivity contribution in [3.05, 3.63) is 16.6 Å². The fourth-order valence-corrected chi connectivity index (χ4v) is 3.92. The van der Waals surface area contributed by atoms with Crippen LogP contribution in [0.2, 0.25) is 0 Å². The minimum atomic E-state index is 0.720. The highest BCUT2D eigenvalue weighted by Crippen LogP contribution is 2.42. The Kier molecular flexibility index (Phi) is 3.61. The van der Waals surface area contributed by atoms with Crippen molar-refractivity contribution in [2.24, 2.45) is 5.92 Å². The summed E-state index contributed by atoms with van der Waals surface area (Å²) in [5, 5.41) is 0. The van der Waals surface area contributed by atoms with Crippen molar-refractivity contribution in [1.29, 1.82) is 0 Å². The fraction of sp³-hybridized carbons (Fsp3) is 0.727. The molecule has 1 fully saturated rings. The van der Waals surface area contributed by atoms with Gasteiger partial charge in [0.25, 0.3) is 0 Å². The van der Waals surface area contributed by atoms with Gasteiger partial charge in [-0.25, -0.2) is 0 Å². The summed E-state index contributed by atoms with van der Waals surface area (Å²) in [4.78, 5) is 6.40. The van der Waals surface area contributed by atoms with Crippen molar-refractivity contribution in [3.63, 3.8) is 0 Å². The van der Waals surface area contributed by atoms with Crippen molar-refractivity contribution < 1.29 is 0 Å². The van der Waals surface area contributed by atoms with Crippen LogP contribution in [0.15, 0.2) is 11.7 Å². The van der Waals surface area contributed by atoms with Gasteiger partial charge in [-0.15, -0.1) is 11.3 Å². The predicted molar refractivity (Wildman–Crippen MR) is 65.2 cm³/mol. The lowest BCUT2D eigenvalue weighted by Gasteiger charge is -2.32. The molecule has 3 heteroatoms. The molecule has 1 heterocycles. The maximum absolute atomic E-state index is 4.19. The lowest BCUT2D eigenvalue weighted by Crippen LogP contribution is -2.22. The van der Waals surface area contributed by atoms with Crippen LogP contribution in [0.4, 0.5) is 0 Å². The van der Waals surface area contributed by atoms with E-state index in [1.807, 2.05) is 16.8 Å². The molecule has 3 unspecified atom stereocenters. The number of aromatic nitrogens is 1. The summed E-state index contributed by atoms with van der Waals surface area (Å²) in [5.41, 5.74) is 1.96. The molecular formula is C11H16BrNS. The maximum Gasteiger partial charge on any atom is 0.0794 e. The molecule has 3 atom stereocenters. The molecular weight excluding hydrogens is 258 g/mol. The van der Waals surface area contributed by atoms with Gasteiger partial charge in [0, 0.05) is 15.9 Å². The van der Waals surface area contributed by atoms with Crippen molar-refractivity contribution in [2.45, 2.75) is 43.4 Å². The van der Waals surface area contributed by atoms with Gasteiger partial charge in [-0.05, 0) is 31.1 Å². The van der Waals surface area contributed by atoms with Crippen LogP contribution in [0.3, 0.4) is 0 Å². The predicted octanol–water partition coefficient (Wildman–Crippen LogP) is 4.20. The van der Waals surface area contributed by atoms with E-state index in [0.29, 0.717) is 0 Å². The number of hydrogen-bond donors (Lipinski definition) is 0. The van der Waals surface area contributed by atoms with E-state index in [0.717, 1.165) is 16.7 Å². The Morgan fingerprint density at radius 2 is 2.43 bits per heavy atom. The molecule has 1 nitrogen and oxygen atoms in total. The highest BCUT2D eigenvalue weighted by atomic mass is 79.9. The van der Waals surface area contributed by atoms with Crippen LogP contribution in [-0.2, 0) is 0 Å². The van der Waals surface area contributed by atoms with Gasteiger partial charge in [0.15, 0.2) is 0 Å². The molecule has 2 rings (SSSR count). The average molecular weight is 274 g/mol. The molecule has 0 aliphatic heterocycles. The van der Waals surface area contributed by atoms with Crippen LogP contribution >= 0.6 is 27.3 Å². The molecule has 1 aromatic rings. The Labute approximate surface area is 98.1 Å². The maximum atomic E-state index is 4.19. The molecule has 1 aromatic heterocycles. The van der Waals surface area contributed by atoms with Crippen LogP contribution in [-0.4, -0.2) is 9.81 Å². The first-order chi connectivity index (χ1) is 6.81. The molecule has 0 spiro atoms. The van der Waals surface area contributed by atoms with E-state index < -0.39 is 0 Å². The summed E-state index contributed by atoms with van der Waals surface area (Å²) in [7, 11) is 0. The third-order valence-electron chi connectivity index (χ3n) is 3.27. The Morgan fingerprint density at radius 3 is 3.07 bits per heavy atom. The van der Waals surface area contributed by atoms with E-state index in [4.69, 9.17) is 0 Å². The zero-order valence-corrected chi connectivity index (χ0v) is 10.9. The van der Waals surface area contributed by atoms with Crippen molar-refractivity contribution in [2.75, 3.05) is 0 Å². The lowest BCUT2D eigenvalue weighted by atomic mass is 9.77. The normalized spacial score (nSPS) is 33.1. The van der Waals surface area contributed by atoms with Gasteiger partial charge in [0.2, 0.25) is 0 Å². The van der Waals surface area contributed by atoms with Gasteiger partial charge >= 0.3 is 0 Å². The van der Waals surface area contributed by atoms with Gasteiger partial charge in [0.05, 0.1) is 5.51 Å². The highest BCUT2D eigenvalue weighted by Gasteiger charge is 2.30. The minimum absolute atomic E-state index is 0.720. The third kappa shape index (κ3) is 2.19. The molecule has 0 radical (unpaired) electrons. The summed E-state index contributed by atoms with van der Waals surface area (Å²) in [6.07, 6.45) is 7.37. The smallest absolute Gasteiger partial charge is 0.0794 e. The fourth-order valence-electron chi connectivity index (χ4n) is 2.43. The van der Waals surface area contributed by atoms with E-state index >= 15 is 0 Å². The number of halogens is 1. The molecule has 78 valence electrons. The summed E-state index contributed by atoms with van der Waals surface area (Å²) in [5.74, 6) is 1.63. The summed E-state index contributed by atoms with van der Waals surface area (Å²) in [6.45, 7) is 2.31. The first kappa shape index (κ1) is 10.6. The van der Waals surface area contributed by atoms with Gasteiger partial charge in [-0.2, -0.15) is 0 Å². The highest BCUT2D eigenvalue weighted by molar-refractivity contribution is 9.09. The van der Waals surface area contributed by atoms with Gasteiger partial charge in [-0.3, -0.25) is 4.98 Å². The zero-order valence-electron chi connectivity index (χ0n) is 8.45. The minimum Gasteiger partial charge on any atom is -0.253 e. The molecule has 0 saturated heterocycles. The zero-order chi connectivity index (χ0) is 9.97. The first-order valence-corrected chi connectivity index (χ1v) is 7.13. The topological polar surface area (TPSA) is 12.9 Å². The van der Waals surface area contributed by atoms with E-state index in [2.05, 4.69) is 34.0 Å². The Balaban J connectivity index is 2.13. The number of thiazole rings is 1. The number of hydrogen-bond acceptors (Lipinski definition) is 2. The molecule has 0 aromatic carbocycles. The molecule has 14 heavy (non-hydrogen) atoms. The van der Waals surface area contributed by atoms with E-state index in [1.54, 1.807) is 0 Å². The van der Waals surface area contributed by atoms with Crippen LogP contribution in [0.1, 0.15) is 43.4 Å². The van der Waals surface area contributed by atoms with Gasteiger partial charge in [-0.1, -0.05) is 29.3 Å². The van der Waals surface area contributed by atoms with Crippen LogP contribution in [0, 0.1) is 5.92 Å². The van der Waals surface area contributed by atoms with E-state index in [1.165, 1.54) is 30.6 Å². The molecule has 1 aliphatic carbocycles. The van der Waals surface area contributed by atoms with E-state index in [9.17, 15) is 0 Å². The van der Waals surface area contributed by atoms with Crippen molar-refractivity contribution >= 4 is 27.3 Å². The Bertz CT molecular complexity index is 273. The largest absolute Gasteiger partial charge is 0.253 e. The van der Waals surface area contributed by atoms with Crippen LogP contribution in [0.5, 0.6) is 0 Å². The van der Waals surface area contributed by atoms with Crippen molar-refractivity contribution in [1.82, 2.24) is 4.98 Å². The summed E-state index contributed by atoms with van der Waals surface area (Å²) < 4.78 is 0. The first-order valence-electron chi connectivity index (χ1n) is 5.33. The van der Waals surface area contributed by atoms with Crippen LogP contribution < -0.4 is 0 Å². The van der Waals surface area contributed by atoms with Crippen LogP contribution in [0.25, 0.3) is 0 Å². The number of nitrogens with zero attached hydrogens (tertiary/aromatic N) is 1. The third-order valence-corrected chi connectivity index (χ3v) is 5.01. The molecule has 0 amide bonds. The second-order valence-electron chi connectivity index (χ2n) is 4.09. The Hall–Kier alpha value is 0.110. The lowest BCUT2D eigenvalue weighted by molar-refractivity contribution is 0.311.